The van der Waals surface area contributed by atoms with Gasteiger partial charge in [0.1, 0.15) is 0 Å². The van der Waals surface area contributed by atoms with Crippen LogP contribution in [0.5, 0.6) is 0 Å². The lowest BCUT2D eigenvalue weighted by Gasteiger charge is -2.10. The van der Waals surface area contributed by atoms with Gasteiger partial charge in [-0.1, -0.05) is 18.2 Å². The number of rotatable bonds is 3. The average Bonchev–Trinajstić information content (AvgIpc) is 2.19. The van der Waals surface area contributed by atoms with E-state index in [0.29, 0.717) is 12.1 Å². The molecule has 0 saturated heterocycles. The second kappa shape index (κ2) is 4.62. The Morgan fingerprint density at radius 3 is 2.62 bits per heavy atom. The van der Waals surface area contributed by atoms with Crippen molar-refractivity contribution in [2.24, 2.45) is 5.73 Å². The van der Waals surface area contributed by atoms with Crippen LogP contribution in [-0.4, -0.2) is 18.5 Å². The summed E-state index contributed by atoms with van der Waals surface area (Å²) in [7, 11) is 0. The maximum absolute atomic E-state index is 11.4. The molecule has 1 rings (SSSR count). The van der Waals surface area contributed by atoms with Crippen molar-refractivity contribution in [3.8, 4) is 0 Å². The van der Waals surface area contributed by atoms with Gasteiger partial charge in [-0.25, -0.2) is 0 Å². The van der Waals surface area contributed by atoms with Crippen molar-refractivity contribution in [3.63, 3.8) is 0 Å². The zero-order valence-electron chi connectivity index (χ0n) is 7.66. The Kier molecular flexibility index (Phi) is 3.46. The fourth-order valence-corrected chi connectivity index (χ4v) is 0.956. The molecule has 1 atom stereocenters. The molecule has 3 N–H and O–H groups in total. The molecule has 1 amide bonds. The summed E-state index contributed by atoms with van der Waals surface area (Å²) in [5.74, 6) is -0.0708. The Morgan fingerprint density at radius 2 is 2.08 bits per heavy atom. The van der Waals surface area contributed by atoms with Crippen molar-refractivity contribution in [1.29, 1.82) is 0 Å². The molecule has 0 aliphatic rings. The van der Waals surface area contributed by atoms with Gasteiger partial charge in [0.2, 0.25) is 0 Å². The number of amides is 1. The first-order valence-corrected chi connectivity index (χ1v) is 4.30. The summed E-state index contributed by atoms with van der Waals surface area (Å²) in [4.78, 5) is 11.4. The van der Waals surface area contributed by atoms with Crippen LogP contribution in [0.25, 0.3) is 0 Å². The quantitative estimate of drug-likeness (QED) is 0.718. The van der Waals surface area contributed by atoms with E-state index in [1.807, 2.05) is 25.1 Å². The van der Waals surface area contributed by atoms with Gasteiger partial charge in [-0.3, -0.25) is 4.79 Å². The maximum Gasteiger partial charge on any atom is 0.251 e. The normalized spacial score (nSPS) is 12.2. The van der Waals surface area contributed by atoms with Crippen molar-refractivity contribution in [3.05, 3.63) is 35.9 Å². The minimum Gasteiger partial charge on any atom is -0.348 e. The molecule has 0 saturated carbocycles. The Morgan fingerprint density at radius 1 is 1.46 bits per heavy atom. The van der Waals surface area contributed by atoms with E-state index in [0.717, 1.165) is 0 Å². The third-order valence-corrected chi connectivity index (χ3v) is 1.77. The monoisotopic (exact) mass is 178 g/mol. The summed E-state index contributed by atoms with van der Waals surface area (Å²) in [5, 5.41) is 2.78. The molecule has 70 valence electrons. The molecule has 3 nitrogen and oxygen atoms in total. The fraction of sp³-hybridized carbons (Fsp3) is 0.300. The number of benzene rings is 1. The summed E-state index contributed by atoms with van der Waals surface area (Å²) in [6.07, 6.45) is 0. The standard InChI is InChI=1S/C10H14N2O/c1-8(7-11)12-10(13)9-5-3-2-4-6-9/h2-6,8H,7,11H2,1H3,(H,12,13)/t8-/m1/s1. The Hall–Kier alpha value is -1.35. The Labute approximate surface area is 77.9 Å². The predicted molar refractivity (Wildman–Crippen MR) is 52.4 cm³/mol. The van der Waals surface area contributed by atoms with Crippen LogP contribution in [0.1, 0.15) is 17.3 Å². The van der Waals surface area contributed by atoms with Crippen LogP contribution in [-0.2, 0) is 0 Å². The molecule has 0 fully saturated rings. The molecule has 0 aromatic heterocycles. The number of nitrogens with one attached hydrogen (secondary N) is 1. The van der Waals surface area contributed by atoms with Crippen LogP contribution in [0.3, 0.4) is 0 Å². The summed E-state index contributed by atoms with van der Waals surface area (Å²) < 4.78 is 0. The molecule has 0 spiro atoms. The summed E-state index contributed by atoms with van der Waals surface area (Å²) >= 11 is 0. The number of nitrogens with two attached hydrogens (primary N) is 1. The van der Waals surface area contributed by atoms with Crippen molar-refractivity contribution in [1.82, 2.24) is 5.32 Å². The number of carbonyl (C=O) groups is 1. The van der Waals surface area contributed by atoms with E-state index in [9.17, 15) is 4.79 Å². The van der Waals surface area contributed by atoms with Gasteiger partial charge < -0.3 is 11.1 Å². The first-order valence-electron chi connectivity index (χ1n) is 4.30. The van der Waals surface area contributed by atoms with Crippen LogP contribution >= 0.6 is 0 Å². The lowest BCUT2D eigenvalue weighted by atomic mass is 10.2. The van der Waals surface area contributed by atoms with E-state index < -0.39 is 0 Å². The topological polar surface area (TPSA) is 55.1 Å². The van der Waals surface area contributed by atoms with Crippen LogP contribution in [0.15, 0.2) is 30.3 Å². The lowest BCUT2D eigenvalue weighted by molar-refractivity contribution is 0.0941. The highest BCUT2D eigenvalue weighted by Crippen LogP contribution is 1.98. The second-order valence-electron chi connectivity index (χ2n) is 2.98. The zero-order valence-corrected chi connectivity index (χ0v) is 7.66. The van der Waals surface area contributed by atoms with Crippen LogP contribution in [0.2, 0.25) is 0 Å². The average molecular weight is 178 g/mol. The molecule has 0 bridgehead atoms. The molecule has 0 aliphatic carbocycles. The molecule has 0 aliphatic heterocycles. The molecular formula is C10H14N2O. The molecule has 1 aromatic rings. The molecule has 3 heteroatoms. The number of hydrogen-bond donors (Lipinski definition) is 2. The van der Waals surface area contributed by atoms with E-state index in [1.165, 1.54) is 0 Å². The molecule has 0 unspecified atom stereocenters. The SMILES string of the molecule is C[C@H](CN)NC(=O)c1ccccc1. The van der Waals surface area contributed by atoms with Crippen LogP contribution in [0.4, 0.5) is 0 Å². The first-order chi connectivity index (χ1) is 6.24. The van der Waals surface area contributed by atoms with Crippen molar-refractivity contribution in [2.45, 2.75) is 13.0 Å². The van der Waals surface area contributed by atoms with E-state index in [2.05, 4.69) is 5.32 Å². The highest BCUT2D eigenvalue weighted by atomic mass is 16.1. The van der Waals surface area contributed by atoms with Gasteiger partial charge in [0.15, 0.2) is 0 Å². The zero-order chi connectivity index (χ0) is 9.68. The van der Waals surface area contributed by atoms with Gasteiger partial charge in [0.05, 0.1) is 0 Å². The van der Waals surface area contributed by atoms with Gasteiger partial charge in [-0.2, -0.15) is 0 Å². The van der Waals surface area contributed by atoms with Gasteiger partial charge in [-0.05, 0) is 19.1 Å². The highest BCUT2D eigenvalue weighted by molar-refractivity contribution is 5.94. The molecule has 0 radical (unpaired) electrons. The first kappa shape index (κ1) is 9.74. The van der Waals surface area contributed by atoms with Crippen molar-refractivity contribution in [2.75, 3.05) is 6.54 Å². The number of hydrogen-bond acceptors (Lipinski definition) is 2. The van der Waals surface area contributed by atoms with Crippen LogP contribution in [0, 0.1) is 0 Å². The largest absolute Gasteiger partial charge is 0.348 e. The summed E-state index contributed by atoms with van der Waals surface area (Å²) in [5.41, 5.74) is 6.05. The summed E-state index contributed by atoms with van der Waals surface area (Å²) in [6.45, 7) is 2.33. The maximum atomic E-state index is 11.4. The lowest BCUT2D eigenvalue weighted by Crippen LogP contribution is -2.37. The number of carbonyl (C=O) groups excluding carboxylic acids is 1. The van der Waals surface area contributed by atoms with E-state index in [-0.39, 0.29) is 11.9 Å². The van der Waals surface area contributed by atoms with Gasteiger partial charge in [-0.15, -0.1) is 0 Å². The highest BCUT2D eigenvalue weighted by Gasteiger charge is 2.06. The van der Waals surface area contributed by atoms with Crippen LogP contribution < -0.4 is 11.1 Å². The van der Waals surface area contributed by atoms with E-state index in [4.69, 9.17) is 5.73 Å². The molecular weight excluding hydrogens is 164 g/mol. The minimum atomic E-state index is -0.0708. The van der Waals surface area contributed by atoms with Gasteiger partial charge >= 0.3 is 0 Å². The minimum absolute atomic E-state index is 0.0210. The Bertz CT molecular complexity index is 272. The van der Waals surface area contributed by atoms with E-state index >= 15 is 0 Å². The van der Waals surface area contributed by atoms with Gasteiger partial charge in [0.25, 0.3) is 5.91 Å². The molecule has 13 heavy (non-hydrogen) atoms. The fourth-order valence-electron chi connectivity index (χ4n) is 0.956. The smallest absolute Gasteiger partial charge is 0.251 e. The van der Waals surface area contributed by atoms with Gasteiger partial charge in [0, 0.05) is 18.2 Å². The predicted octanol–water partition coefficient (Wildman–Crippen LogP) is 0.764. The summed E-state index contributed by atoms with van der Waals surface area (Å²) in [6, 6.07) is 9.12. The van der Waals surface area contributed by atoms with Crippen molar-refractivity contribution < 1.29 is 4.79 Å². The second-order valence-corrected chi connectivity index (χ2v) is 2.98. The Balaban J connectivity index is 2.59. The van der Waals surface area contributed by atoms with E-state index in [1.54, 1.807) is 12.1 Å². The molecule has 0 heterocycles. The third-order valence-electron chi connectivity index (χ3n) is 1.77. The van der Waals surface area contributed by atoms with Crippen molar-refractivity contribution >= 4 is 5.91 Å². The third kappa shape index (κ3) is 2.87. The molecule has 1 aromatic carbocycles.